The summed E-state index contributed by atoms with van der Waals surface area (Å²) >= 11 is 0. The monoisotopic (exact) mass is 357 g/mol. The Kier molecular flexibility index (Phi) is 6.06. The van der Waals surface area contributed by atoms with Gasteiger partial charge in [0.05, 0.1) is 0 Å². The van der Waals surface area contributed by atoms with Crippen molar-refractivity contribution in [2.75, 3.05) is 6.61 Å². The fourth-order valence-corrected chi connectivity index (χ4v) is 2.34. The Morgan fingerprint density at radius 3 is 2.68 bits per heavy atom. The van der Waals surface area contributed by atoms with E-state index < -0.39 is 42.5 Å². The lowest BCUT2D eigenvalue weighted by Gasteiger charge is -2.19. The van der Waals surface area contributed by atoms with E-state index >= 15 is 0 Å². The molecule has 0 bridgehead atoms. The summed E-state index contributed by atoms with van der Waals surface area (Å²) in [5.41, 5.74) is 10.8. The summed E-state index contributed by atoms with van der Waals surface area (Å²) in [6.45, 7) is 3.45. The van der Waals surface area contributed by atoms with Crippen LogP contribution in [0, 0.1) is 5.92 Å². The highest BCUT2D eigenvalue weighted by molar-refractivity contribution is 5.88. The van der Waals surface area contributed by atoms with Gasteiger partial charge in [0.15, 0.2) is 6.23 Å². The molecule has 1 aliphatic heterocycles. The van der Waals surface area contributed by atoms with E-state index in [2.05, 4.69) is 10.1 Å². The Balaban J connectivity index is 1.97. The van der Waals surface area contributed by atoms with Crippen molar-refractivity contribution in [3.05, 3.63) is 12.2 Å². The molecule has 0 aliphatic carbocycles. The largest absolute Gasteiger partial charge is 0.462 e. The van der Waals surface area contributed by atoms with Crippen LogP contribution in [0.5, 0.6) is 0 Å². The predicted octanol–water partition coefficient (Wildman–Crippen LogP) is -2.09. The molecule has 2 rings (SSSR count). The number of aromatic nitrogens is 3. The van der Waals surface area contributed by atoms with E-state index in [1.54, 1.807) is 0 Å². The lowest BCUT2D eigenvalue weighted by atomic mass is 10.0. The highest BCUT2D eigenvalue weighted by Crippen LogP contribution is 2.29. The molecule has 140 valence electrons. The van der Waals surface area contributed by atoms with Gasteiger partial charge in [-0.1, -0.05) is 20.3 Å². The number of hydrogen-bond acceptors (Lipinski definition) is 9. The highest BCUT2D eigenvalue weighted by Gasteiger charge is 2.45. The Hall–Kier alpha value is -2.08. The summed E-state index contributed by atoms with van der Waals surface area (Å²) in [4.78, 5) is 26.6. The maximum Gasteiger partial charge on any atom is 0.323 e. The number of aliphatic hydroxyl groups is 2. The number of carbonyl (C=O) groups excluding carboxylic acids is 2. The molecule has 0 unspecified atom stereocenters. The van der Waals surface area contributed by atoms with Crippen LogP contribution in [0.15, 0.2) is 6.33 Å². The van der Waals surface area contributed by atoms with Crippen molar-refractivity contribution in [1.29, 1.82) is 0 Å². The van der Waals surface area contributed by atoms with Gasteiger partial charge >= 0.3 is 5.97 Å². The lowest BCUT2D eigenvalue weighted by molar-refractivity contribution is -0.153. The number of hydrogen-bond donors (Lipinski definition) is 4. The third-order valence-electron chi connectivity index (χ3n) is 4.25. The van der Waals surface area contributed by atoms with Gasteiger partial charge in [0.1, 0.15) is 37.3 Å². The van der Waals surface area contributed by atoms with Crippen LogP contribution in [0.3, 0.4) is 0 Å². The molecule has 0 radical (unpaired) electrons. The maximum absolute atomic E-state index is 11.9. The Labute approximate surface area is 143 Å². The van der Waals surface area contributed by atoms with Crippen LogP contribution in [-0.2, 0) is 14.3 Å². The van der Waals surface area contributed by atoms with Gasteiger partial charge in [-0.3, -0.25) is 9.59 Å². The lowest BCUT2D eigenvalue weighted by Crippen LogP contribution is -2.40. The first-order valence-electron chi connectivity index (χ1n) is 7.91. The Morgan fingerprint density at radius 1 is 1.44 bits per heavy atom. The number of amides is 1. The molecule has 1 aromatic heterocycles. The van der Waals surface area contributed by atoms with Crippen molar-refractivity contribution < 1.29 is 29.3 Å². The van der Waals surface area contributed by atoms with Crippen LogP contribution >= 0.6 is 0 Å². The second kappa shape index (κ2) is 7.87. The van der Waals surface area contributed by atoms with Gasteiger partial charge in [-0.05, 0) is 5.92 Å². The molecule has 0 saturated carbocycles. The zero-order valence-electron chi connectivity index (χ0n) is 14.0. The van der Waals surface area contributed by atoms with Gasteiger partial charge in [0.25, 0.3) is 5.91 Å². The molecular formula is C14H23N5O6. The summed E-state index contributed by atoms with van der Waals surface area (Å²) in [5.74, 6) is -1.75. The van der Waals surface area contributed by atoms with Crippen molar-refractivity contribution in [2.45, 2.75) is 50.8 Å². The van der Waals surface area contributed by atoms with Crippen LogP contribution < -0.4 is 11.5 Å². The molecule has 11 nitrogen and oxygen atoms in total. The quantitative estimate of drug-likeness (QED) is 0.399. The number of carbonyl (C=O) groups is 2. The van der Waals surface area contributed by atoms with Crippen molar-refractivity contribution in [1.82, 2.24) is 14.8 Å². The van der Waals surface area contributed by atoms with Crippen molar-refractivity contribution in [2.24, 2.45) is 17.4 Å². The van der Waals surface area contributed by atoms with Crippen molar-refractivity contribution in [3.63, 3.8) is 0 Å². The molecule has 0 aromatic carbocycles. The van der Waals surface area contributed by atoms with Crippen molar-refractivity contribution in [3.8, 4) is 0 Å². The van der Waals surface area contributed by atoms with Crippen LogP contribution in [-0.4, -0.2) is 67.8 Å². The second-order valence-electron chi connectivity index (χ2n) is 6.00. The van der Waals surface area contributed by atoms with Crippen molar-refractivity contribution >= 4 is 11.9 Å². The zero-order valence-corrected chi connectivity index (χ0v) is 14.0. The molecule has 11 heteroatoms. The summed E-state index contributed by atoms with van der Waals surface area (Å²) in [6.07, 6.45) is -2.88. The first kappa shape index (κ1) is 19.2. The maximum atomic E-state index is 11.9. The standard InChI is InChI=1S/C14H23N5O6/c1-3-6(2)8(15)14(23)24-4-7-9(20)10(21)13(25-7)19-5-17-12(18-19)11(16)22/h5-10,13,20-21H,3-4,15H2,1-2H3,(H2,16,22)/t6-,7+,8-,9+,10+,13+/m0/s1. The zero-order chi connectivity index (χ0) is 18.7. The van der Waals surface area contributed by atoms with E-state index in [1.807, 2.05) is 13.8 Å². The summed E-state index contributed by atoms with van der Waals surface area (Å²) < 4.78 is 11.6. The number of primary amides is 1. The van der Waals surface area contributed by atoms with Gasteiger partial charge in [-0.15, -0.1) is 5.10 Å². The fraction of sp³-hybridized carbons (Fsp3) is 0.714. The molecule has 1 aromatic rings. The molecule has 6 N–H and O–H groups in total. The van der Waals surface area contributed by atoms with Crippen LogP contribution in [0.2, 0.25) is 0 Å². The van der Waals surface area contributed by atoms with E-state index in [-0.39, 0.29) is 18.3 Å². The number of esters is 1. The number of nitrogens with zero attached hydrogens (tertiary/aromatic N) is 3. The molecule has 1 fully saturated rings. The predicted molar refractivity (Wildman–Crippen MR) is 82.9 cm³/mol. The number of aliphatic hydroxyl groups excluding tert-OH is 2. The summed E-state index contributed by atoms with van der Waals surface area (Å²) in [5, 5.41) is 23.9. The molecule has 0 spiro atoms. The fourth-order valence-electron chi connectivity index (χ4n) is 2.34. The first-order chi connectivity index (χ1) is 11.8. The molecule has 6 atom stereocenters. The molecule has 2 heterocycles. The smallest absolute Gasteiger partial charge is 0.323 e. The van der Waals surface area contributed by atoms with Gasteiger partial charge in [-0.25, -0.2) is 9.67 Å². The number of ether oxygens (including phenoxy) is 2. The number of rotatable bonds is 7. The van der Waals surface area contributed by atoms with E-state index in [9.17, 15) is 19.8 Å². The third-order valence-corrected chi connectivity index (χ3v) is 4.25. The Morgan fingerprint density at radius 2 is 2.12 bits per heavy atom. The minimum absolute atomic E-state index is 0.0531. The molecule has 1 aliphatic rings. The molecular weight excluding hydrogens is 334 g/mol. The van der Waals surface area contributed by atoms with Gasteiger partial charge in [0.2, 0.25) is 5.82 Å². The minimum atomic E-state index is -1.35. The molecule has 1 saturated heterocycles. The second-order valence-corrected chi connectivity index (χ2v) is 6.00. The summed E-state index contributed by atoms with van der Waals surface area (Å²) in [7, 11) is 0. The Bertz CT molecular complexity index is 623. The average molecular weight is 357 g/mol. The SMILES string of the molecule is CC[C@H](C)[C@H](N)C(=O)OC[C@H]1O[C@@H](n2cnc(C(N)=O)n2)[C@H](O)[C@@H]1O. The summed E-state index contributed by atoms with van der Waals surface area (Å²) in [6, 6.07) is -0.780. The van der Waals surface area contributed by atoms with E-state index in [1.165, 1.54) is 0 Å². The van der Waals surface area contributed by atoms with Gasteiger partial charge < -0.3 is 31.2 Å². The highest BCUT2D eigenvalue weighted by atomic mass is 16.6. The third kappa shape index (κ3) is 4.12. The van der Waals surface area contributed by atoms with Gasteiger partial charge in [-0.2, -0.15) is 0 Å². The normalized spacial score (nSPS) is 28.5. The van der Waals surface area contributed by atoms with Crippen LogP contribution in [0.25, 0.3) is 0 Å². The van der Waals surface area contributed by atoms with Crippen LogP contribution in [0.4, 0.5) is 0 Å². The van der Waals surface area contributed by atoms with Crippen LogP contribution in [0.1, 0.15) is 37.1 Å². The van der Waals surface area contributed by atoms with E-state index in [0.29, 0.717) is 6.42 Å². The minimum Gasteiger partial charge on any atom is -0.462 e. The topological polar surface area (TPSA) is 176 Å². The average Bonchev–Trinajstić information content (AvgIpc) is 3.18. The molecule has 25 heavy (non-hydrogen) atoms. The van der Waals surface area contributed by atoms with E-state index in [0.717, 1.165) is 11.0 Å². The molecule has 1 amide bonds. The first-order valence-corrected chi connectivity index (χ1v) is 7.91. The number of nitrogens with two attached hydrogens (primary N) is 2. The van der Waals surface area contributed by atoms with E-state index in [4.69, 9.17) is 20.9 Å². The van der Waals surface area contributed by atoms with Gasteiger partial charge in [0, 0.05) is 0 Å².